The van der Waals surface area contributed by atoms with Crippen LogP contribution in [-0.2, 0) is 14.3 Å². The fraction of sp³-hybridized carbons (Fsp3) is 0.864. The van der Waals surface area contributed by atoms with E-state index in [1.807, 2.05) is 0 Å². The van der Waals surface area contributed by atoms with E-state index in [0.29, 0.717) is 18.6 Å². The lowest BCUT2D eigenvalue weighted by Gasteiger charge is -2.49. The maximum absolute atomic E-state index is 13.2. The van der Waals surface area contributed by atoms with Gasteiger partial charge in [-0.05, 0) is 57.6 Å². The lowest BCUT2D eigenvalue weighted by atomic mass is 9.89. The molecule has 1 aliphatic carbocycles. The van der Waals surface area contributed by atoms with E-state index < -0.39 is 12.0 Å². The van der Waals surface area contributed by atoms with Crippen LogP contribution in [0, 0.1) is 5.92 Å². The number of hydrogen-bond donors (Lipinski definition) is 3. The quantitative estimate of drug-likeness (QED) is 0.552. The first-order valence-corrected chi connectivity index (χ1v) is 13.1. The molecule has 9 heteroatoms. The number of nitrogens with zero attached hydrogens (tertiary/aromatic N) is 1. The predicted molar refractivity (Wildman–Crippen MR) is 119 cm³/mol. The van der Waals surface area contributed by atoms with Crippen LogP contribution in [0.25, 0.3) is 0 Å². The normalized spacial score (nSPS) is 35.9. The summed E-state index contributed by atoms with van der Waals surface area (Å²) in [5, 5.41) is 8.80. The Bertz CT molecular complexity index is 686. The van der Waals surface area contributed by atoms with Gasteiger partial charge in [-0.2, -0.15) is 0 Å². The number of carbonyl (C=O) groups is 3. The second-order valence-electron chi connectivity index (χ2n) is 9.44. The summed E-state index contributed by atoms with van der Waals surface area (Å²) in [4.78, 5) is 37.4. The van der Waals surface area contributed by atoms with E-state index in [4.69, 9.17) is 4.74 Å². The summed E-state index contributed by atoms with van der Waals surface area (Å²) in [6, 6.07) is 0.466. The second kappa shape index (κ2) is 10.1. The first-order valence-electron chi connectivity index (χ1n) is 12.1. The van der Waals surface area contributed by atoms with Crippen molar-refractivity contribution in [1.29, 1.82) is 0 Å². The van der Waals surface area contributed by atoms with Crippen LogP contribution in [0.1, 0.15) is 64.7 Å². The molecule has 4 rings (SSSR count). The summed E-state index contributed by atoms with van der Waals surface area (Å²) in [5.41, 5.74) is 0. The molecule has 3 aliphatic heterocycles. The Morgan fingerprint density at radius 3 is 2.58 bits per heavy atom. The number of ether oxygens (including phenoxy) is 1. The molecule has 0 bridgehead atoms. The minimum absolute atomic E-state index is 0.00366. The summed E-state index contributed by atoms with van der Waals surface area (Å²) >= 11 is 1.58. The smallest absolute Gasteiger partial charge is 0.413 e. The predicted octanol–water partition coefficient (Wildman–Crippen LogP) is 2.09. The van der Waals surface area contributed by atoms with Crippen LogP contribution in [0.15, 0.2) is 0 Å². The van der Waals surface area contributed by atoms with Crippen molar-refractivity contribution >= 4 is 29.7 Å². The minimum atomic E-state index is -0.720. The van der Waals surface area contributed by atoms with Crippen LogP contribution < -0.4 is 16.0 Å². The molecule has 0 aromatic rings. The van der Waals surface area contributed by atoms with E-state index in [9.17, 15) is 14.4 Å². The molecule has 8 nitrogen and oxygen atoms in total. The third kappa shape index (κ3) is 4.88. The van der Waals surface area contributed by atoms with Crippen LogP contribution in [0.4, 0.5) is 4.79 Å². The molecular formula is C22H37N4O4S+. The van der Waals surface area contributed by atoms with Gasteiger partial charge in [-0.15, -0.1) is 11.8 Å². The fourth-order valence-corrected chi connectivity index (χ4v) is 7.51. The number of thioether (sulfide) groups is 1. The van der Waals surface area contributed by atoms with E-state index in [1.165, 1.54) is 51.5 Å². The second-order valence-corrected chi connectivity index (χ2v) is 10.7. The number of hydrogen-bond acceptors (Lipinski definition) is 6. The van der Waals surface area contributed by atoms with Gasteiger partial charge in [0.2, 0.25) is 11.8 Å². The number of alkyl carbamates (subject to hydrolysis) is 1. The third-order valence-electron chi connectivity index (χ3n) is 7.67. The summed E-state index contributed by atoms with van der Waals surface area (Å²) in [6.45, 7) is 3.95. The van der Waals surface area contributed by atoms with Crippen molar-refractivity contribution < 1.29 is 23.6 Å². The van der Waals surface area contributed by atoms with E-state index in [-0.39, 0.29) is 29.8 Å². The molecule has 0 aromatic carbocycles. The van der Waals surface area contributed by atoms with Crippen molar-refractivity contribution in [3.63, 3.8) is 0 Å². The third-order valence-corrected chi connectivity index (χ3v) is 8.95. The summed E-state index contributed by atoms with van der Waals surface area (Å²) in [7, 11) is 0. The topological polar surface area (TPSA) is 96.5 Å². The molecule has 5 atom stereocenters. The molecule has 5 unspecified atom stereocenters. The molecule has 4 aliphatic rings. The van der Waals surface area contributed by atoms with Crippen molar-refractivity contribution in [2.24, 2.45) is 5.92 Å². The van der Waals surface area contributed by atoms with E-state index in [1.54, 1.807) is 18.7 Å². The Hall–Kier alpha value is -1.32. The van der Waals surface area contributed by atoms with Gasteiger partial charge in [0.05, 0.1) is 30.5 Å². The van der Waals surface area contributed by atoms with E-state index in [0.717, 1.165) is 23.2 Å². The van der Waals surface area contributed by atoms with Gasteiger partial charge >= 0.3 is 6.09 Å². The minimum Gasteiger partial charge on any atom is -0.450 e. The van der Waals surface area contributed by atoms with E-state index in [2.05, 4.69) is 16.0 Å². The van der Waals surface area contributed by atoms with Crippen molar-refractivity contribution in [2.75, 3.05) is 25.4 Å². The molecule has 3 saturated heterocycles. The first-order chi connectivity index (χ1) is 15.0. The van der Waals surface area contributed by atoms with Crippen molar-refractivity contribution in [1.82, 2.24) is 16.0 Å². The zero-order valence-corrected chi connectivity index (χ0v) is 19.4. The molecule has 0 spiro atoms. The number of fused-ring (bicyclic) bond motifs is 1. The number of amides is 3. The Labute approximate surface area is 189 Å². The molecule has 174 valence electrons. The number of nitrogens with one attached hydrogen (secondary N) is 3. The van der Waals surface area contributed by atoms with Crippen LogP contribution in [0.3, 0.4) is 0 Å². The van der Waals surface area contributed by atoms with Gasteiger partial charge in [0.15, 0.2) is 0 Å². The van der Waals surface area contributed by atoms with Crippen LogP contribution >= 0.6 is 11.8 Å². The number of quaternary nitrogens is 1. The Morgan fingerprint density at radius 1 is 1.03 bits per heavy atom. The Balaban J connectivity index is 1.38. The van der Waals surface area contributed by atoms with Crippen LogP contribution in [0.5, 0.6) is 0 Å². The zero-order chi connectivity index (χ0) is 21.8. The fourth-order valence-electron chi connectivity index (χ4n) is 6.17. The van der Waals surface area contributed by atoms with Gasteiger partial charge in [-0.3, -0.25) is 20.2 Å². The average Bonchev–Trinajstić information content (AvgIpc) is 3.39. The summed E-state index contributed by atoms with van der Waals surface area (Å²) in [6.07, 6.45) is 10.4. The molecule has 0 aromatic heterocycles. The zero-order valence-electron chi connectivity index (χ0n) is 18.6. The highest BCUT2D eigenvalue weighted by molar-refractivity contribution is 8.00. The average molecular weight is 454 g/mol. The van der Waals surface area contributed by atoms with Crippen molar-refractivity contribution in [3.05, 3.63) is 0 Å². The van der Waals surface area contributed by atoms with Crippen LogP contribution in [0.2, 0.25) is 0 Å². The Kier molecular flexibility index (Phi) is 7.44. The van der Waals surface area contributed by atoms with Gasteiger partial charge in [0.1, 0.15) is 18.8 Å². The molecule has 1 saturated carbocycles. The molecule has 3 N–H and O–H groups in total. The molecule has 0 radical (unpaired) electrons. The SMILES string of the molecule is CCOC(=O)NC(=O)C1CCSC1NC(=O)C1C[N+]2(C3CCCCC3)CCCCC2N1. The van der Waals surface area contributed by atoms with Gasteiger partial charge in [-0.1, -0.05) is 6.42 Å². The molecular weight excluding hydrogens is 416 g/mol. The van der Waals surface area contributed by atoms with Gasteiger partial charge in [0, 0.05) is 6.42 Å². The maximum atomic E-state index is 13.2. The van der Waals surface area contributed by atoms with Gasteiger partial charge in [0.25, 0.3) is 0 Å². The first kappa shape index (κ1) is 22.9. The molecule has 31 heavy (non-hydrogen) atoms. The lowest BCUT2D eigenvalue weighted by Crippen LogP contribution is -2.63. The lowest BCUT2D eigenvalue weighted by molar-refractivity contribution is -0.969. The largest absolute Gasteiger partial charge is 0.450 e. The molecule has 3 amide bonds. The Morgan fingerprint density at radius 2 is 1.81 bits per heavy atom. The number of imide groups is 1. The van der Waals surface area contributed by atoms with Gasteiger partial charge < -0.3 is 14.5 Å². The highest BCUT2D eigenvalue weighted by Gasteiger charge is 2.54. The van der Waals surface area contributed by atoms with Gasteiger partial charge in [-0.25, -0.2) is 4.79 Å². The monoisotopic (exact) mass is 453 g/mol. The van der Waals surface area contributed by atoms with Crippen LogP contribution in [-0.4, -0.2) is 71.5 Å². The highest BCUT2D eigenvalue weighted by atomic mass is 32.2. The number of piperidine rings is 1. The van der Waals surface area contributed by atoms with Crippen molar-refractivity contribution in [2.45, 2.75) is 88.3 Å². The maximum Gasteiger partial charge on any atom is 0.413 e. The highest BCUT2D eigenvalue weighted by Crippen LogP contribution is 2.39. The van der Waals surface area contributed by atoms with E-state index >= 15 is 0 Å². The number of rotatable bonds is 5. The van der Waals surface area contributed by atoms with Crippen molar-refractivity contribution in [3.8, 4) is 0 Å². The standard InChI is InChI=1S/C22H36N4O4S/c1-2-30-22(29)25-19(27)16-11-13-31-21(16)24-20(28)17-14-26(15-8-4-3-5-9-15)12-7-6-10-18(26)23-17/h15-18,21,23H,2-14H2,1H3,(H-,24,25,27,28,29)/p+1. The number of carbonyl (C=O) groups excluding carboxylic acids is 3. The summed E-state index contributed by atoms with van der Waals surface area (Å²) < 4.78 is 5.89. The molecule has 3 heterocycles. The molecule has 4 fully saturated rings. The summed E-state index contributed by atoms with van der Waals surface area (Å²) in [5.74, 6) is 0.00500.